The first-order chi connectivity index (χ1) is 9.10. The van der Waals surface area contributed by atoms with Crippen LogP contribution in [-0.2, 0) is 6.42 Å². The topological polar surface area (TPSA) is 67.8 Å². The number of hydrogen-bond donors (Lipinski definition) is 1. The minimum Gasteiger partial charge on any atom is -0.342 e. The molecule has 100 valence electrons. The molecule has 1 amide bonds. The molecular weight excluding hydrogens is 284 g/mol. The second-order valence-corrected chi connectivity index (χ2v) is 5.47. The zero-order chi connectivity index (χ0) is 13.8. The monoisotopic (exact) mass is 296 g/mol. The van der Waals surface area contributed by atoms with Gasteiger partial charge < -0.3 is 5.32 Å². The molecule has 0 saturated carbocycles. The van der Waals surface area contributed by atoms with Crippen molar-refractivity contribution in [2.75, 3.05) is 0 Å². The Morgan fingerprint density at radius 1 is 1.47 bits per heavy atom. The van der Waals surface area contributed by atoms with Gasteiger partial charge in [-0.15, -0.1) is 11.3 Å². The molecule has 1 N–H and O–H groups in total. The number of amides is 1. The second kappa shape index (κ2) is 6.08. The predicted octanol–water partition coefficient (Wildman–Crippen LogP) is 2.64. The van der Waals surface area contributed by atoms with Crippen LogP contribution in [0.3, 0.4) is 0 Å². The summed E-state index contributed by atoms with van der Waals surface area (Å²) < 4.78 is 0. The Labute approximate surface area is 120 Å². The smallest absolute Gasteiger partial charge is 0.272 e. The van der Waals surface area contributed by atoms with Crippen molar-refractivity contribution in [2.24, 2.45) is 0 Å². The Morgan fingerprint density at radius 2 is 2.26 bits per heavy atom. The lowest BCUT2D eigenvalue weighted by molar-refractivity contribution is 0.0934. The normalized spacial score (nSPS) is 12.2. The van der Waals surface area contributed by atoms with E-state index in [0.717, 1.165) is 11.4 Å². The van der Waals surface area contributed by atoms with Crippen LogP contribution in [0.5, 0.6) is 0 Å². The van der Waals surface area contributed by atoms with Crippen LogP contribution in [0.4, 0.5) is 0 Å². The van der Waals surface area contributed by atoms with Gasteiger partial charge in [0.25, 0.3) is 5.91 Å². The van der Waals surface area contributed by atoms with Gasteiger partial charge in [0, 0.05) is 11.1 Å². The van der Waals surface area contributed by atoms with Crippen LogP contribution in [0.1, 0.15) is 40.3 Å². The molecule has 2 aromatic rings. The third kappa shape index (κ3) is 3.48. The van der Waals surface area contributed by atoms with Crippen LogP contribution >= 0.6 is 22.9 Å². The maximum atomic E-state index is 12.0. The number of halogens is 1. The summed E-state index contributed by atoms with van der Waals surface area (Å²) in [6.45, 7) is 3.95. The van der Waals surface area contributed by atoms with E-state index in [9.17, 15) is 4.79 Å². The molecular formula is C12H13ClN4OS. The zero-order valence-corrected chi connectivity index (χ0v) is 12.1. The van der Waals surface area contributed by atoms with Crippen LogP contribution in [0.15, 0.2) is 18.6 Å². The fourth-order valence-electron chi connectivity index (χ4n) is 1.47. The van der Waals surface area contributed by atoms with E-state index in [4.69, 9.17) is 11.6 Å². The number of hydrogen-bond acceptors (Lipinski definition) is 5. The number of nitrogens with one attached hydrogen (secondary N) is 1. The zero-order valence-electron chi connectivity index (χ0n) is 10.6. The maximum absolute atomic E-state index is 12.0. The fraction of sp³-hybridized carbons (Fsp3) is 0.333. The van der Waals surface area contributed by atoms with E-state index in [2.05, 4.69) is 27.2 Å². The maximum Gasteiger partial charge on any atom is 0.272 e. The molecule has 0 saturated heterocycles. The molecule has 0 aliphatic carbocycles. The average Bonchev–Trinajstić information content (AvgIpc) is 2.87. The van der Waals surface area contributed by atoms with Gasteiger partial charge in [0.2, 0.25) is 0 Å². The summed E-state index contributed by atoms with van der Waals surface area (Å²) in [5, 5.41) is 3.90. The van der Waals surface area contributed by atoms with Crippen LogP contribution < -0.4 is 5.32 Å². The molecule has 1 atom stereocenters. The molecule has 0 bridgehead atoms. The van der Waals surface area contributed by atoms with Gasteiger partial charge in [0.05, 0.1) is 18.4 Å². The Kier molecular flexibility index (Phi) is 4.44. The highest BCUT2D eigenvalue weighted by Gasteiger charge is 2.15. The summed E-state index contributed by atoms with van der Waals surface area (Å²) in [5.41, 5.74) is 0.201. The average molecular weight is 297 g/mol. The summed E-state index contributed by atoms with van der Waals surface area (Å²) in [6.07, 6.45) is 5.54. The SMILES string of the molecule is CCc1cnc(C(C)NC(=O)c2cncc(Cl)n2)s1. The molecule has 0 fully saturated rings. The molecule has 2 rings (SSSR count). The first kappa shape index (κ1) is 13.9. The Morgan fingerprint density at radius 3 is 2.89 bits per heavy atom. The summed E-state index contributed by atoms with van der Waals surface area (Å²) >= 11 is 7.29. The van der Waals surface area contributed by atoms with Crippen molar-refractivity contribution in [2.45, 2.75) is 26.3 Å². The molecule has 5 nitrogen and oxygen atoms in total. The van der Waals surface area contributed by atoms with Crippen LogP contribution in [0.25, 0.3) is 0 Å². The van der Waals surface area contributed by atoms with E-state index >= 15 is 0 Å². The largest absolute Gasteiger partial charge is 0.342 e. The van der Waals surface area contributed by atoms with Gasteiger partial charge in [0.15, 0.2) is 0 Å². The Hall–Kier alpha value is -1.53. The van der Waals surface area contributed by atoms with Crippen molar-refractivity contribution in [3.05, 3.63) is 39.3 Å². The molecule has 7 heteroatoms. The van der Waals surface area contributed by atoms with Crippen molar-refractivity contribution in [3.8, 4) is 0 Å². The van der Waals surface area contributed by atoms with Crippen molar-refractivity contribution >= 4 is 28.8 Å². The highest BCUT2D eigenvalue weighted by molar-refractivity contribution is 7.11. The van der Waals surface area contributed by atoms with Gasteiger partial charge in [-0.1, -0.05) is 18.5 Å². The molecule has 0 aliphatic rings. The van der Waals surface area contributed by atoms with E-state index in [1.807, 2.05) is 13.1 Å². The van der Waals surface area contributed by atoms with E-state index in [-0.39, 0.29) is 22.8 Å². The lowest BCUT2D eigenvalue weighted by Gasteiger charge is -2.10. The third-order valence-electron chi connectivity index (χ3n) is 2.48. The summed E-state index contributed by atoms with van der Waals surface area (Å²) in [5.74, 6) is -0.309. The lowest BCUT2D eigenvalue weighted by Crippen LogP contribution is -2.27. The first-order valence-corrected chi connectivity index (χ1v) is 7.02. The van der Waals surface area contributed by atoms with Crippen LogP contribution in [0, 0.1) is 0 Å². The van der Waals surface area contributed by atoms with Crippen molar-refractivity contribution in [1.29, 1.82) is 0 Å². The van der Waals surface area contributed by atoms with Crippen LogP contribution in [0.2, 0.25) is 5.15 Å². The van der Waals surface area contributed by atoms with E-state index in [1.54, 1.807) is 11.3 Å². The molecule has 2 aromatic heterocycles. The number of carbonyl (C=O) groups is 1. The molecule has 0 spiro atoms. The summed E-state index contributed by atoms with van der Waals surface area (Å²) in [6, 6.07) is -0.168. The second-order valence-electron chi connectivity index (χ2n) is 3.94. The molecule has 1 unspecified atom stereocenters. The van der Waals surface area contributed by atoms with Gasteiger partial charge in [0.1, 0.15) is 15.9 Å². The van der Waals surface area contributed by atoms with Gasteiger partial charge >= 0.3 is 0 Å². The summed E-state index contributed by atoms with van der Waals surface area (Å²) in [4.78, 5) is 25.2. The molecule has 0 aromatic carbocycles. The first-order valence-electron chi connectivity index (χ1n) is 5.83. The van der Waals surface area contributed by atoms with Crippen molar-refractivity contribution in [3.63, 3.8) is 0 Å². The lowest BCUT2D eigenvalue weighted by atomic mass is 10.3. The quantitative estimate of drug-likeness (QED) is 0.942. The number of carbonyl (C=O) groups excluding carboxylic acids is 1. The van der Waals surface area contributed by atoms with Gasteiger partial charge in [-0.2, -0.15) is 0 Å². The standard InChI is InChI=1S/C12H13ClN4OS/c1-3-8-4-15-12(19-8)7(2)16-11(18)9-5-14-6-10(13)17-9/h4-7H,3H2,1-2H3,(H,16,18). The molecule has 2 heterocycles. The van der Waals surface area contributed by atoms with Gasteiger partial charge in [-0.05, 0) is 13.3 Å². The highest BCUT2D eigenvalue weighted by Crippen LogP contribution is 2.20. The van der Waals surface area contributed by atoms with Crippen LogP contribution in [-0.4, -0.2) is 20.9 Å². The number of aryl methyl sites for hydroxylation is 1. The number of nitrogens with zero attached hydrogens (tertiary/aromatic N) is 3. The van der Waals surface area contributed by atoms with Gasteiger partial charge in [-0.3, -0.25) is 9.78 Å². The molecule has 19 heavy (non-hydrogen) atoms. The van der Waals surface area contributed by atoms with E-state index < -0.39 is 0 Å². The minimum atomic E-state index is -0.309. The summed E-state index contributed by atoms with van der Waals surface area (Å²) in [7, 11) is 0. The number of aromatic nitrogens is 3. The van der Waals surface area contributed by atoms with E-state index in [0.29, 0.717) is 0 Å². The minimum absolute atomic E-state index is 0.168. The number of rotatable bonds is 4. The van der Waals surface area contributed by atoms with E-state index in [1.165, 1.54) is 17.3 Å². The molecule has 0 radical (unpaired) electrons. The predicted molar refractivity (Wildman–Crippen MR) is 74.4 cm³/mol. The Bertz CT molecular complexity index is 587. The van der Waals surface area contributed by atoms with Gasteiger partial charge in [-0.25, -0.2) is 9.97 Å². The molecule has 0 aliphatic heterocycles. The van der Waals surface area contributed by atoms with Crippen molar-refractivity contribution in [1.82, 2.24) is 20.3 Å². The Balaban J connectivity index is 2.06. The third-order valence-corrected chi connectivity index (χ3v) is 3.98. The van der Waals surface area contributed by atoms with Crippen molar-refractivity contribution < 1.29 is 4.79 Å². The highest BCUT2D eigenvalue weighted by atomic mass is 35.5. The number of thiazole rings is 1. The fourth-order valence-corrected chi connectivity index (χ4v) is 2.48.